The van der Waals surface area contributed by atoms with E-state index in [0.29, 0.717) is 6.42 Å². The summed E-state index contributed by atoms with van der Waals surface area (Å²) in [6.07, 6.45) is 2.01. The zero-order valence-corrected chi connectivity index (χ0v) is 14.1. The van der Waals surface area contributed by atoms with Crippen LogP contribution in [0.5, 0.6) is 5.75 Å². The molecule has 112 valence electrons. The summed E-state index contributed by atoms with van der Waals surface area (Å²) in [6, 6.07) is 14.4. The SMILES string of the molecule is COc1ccc(CC(O)CCc2cccc(C)c2)cc1Br. The molecule has 2 aromatic carbocycles. The Kier molecular flexibility index (Phi) is 5.83. The first-order valence-electron chi connectivity index (χ1n) is 7.14. The van der Waals surface area contributed by atoms with Crippen LogP contribution in [0.15, 0.2) is 46.9 Å². The van der Waals surface area contributed by atoms with Crippen molar-refractivity contribution in [3.63, 3.8) is 0 Å². The van der Waals surface area contributed by atoms with Crippen molar-refractivity contribution in [3.05, 3.63) is 63.6 Å². The summed E-state index contributed by atoms with van der Waals surface area (Å²) < 4.78 is 6.14. The monoisotopic (exact) mass is 348 g/mol. The van der Waals surface area contributed by atoms with E-state index in [0.717, 1.165) is 28.6 Å². The second-order valence-electron chi connectivity index (χ2n) is 5.35. The van der Waals surface area contributed by atoms with Crippen molar-refractivity contribution >= 4 is 15.9 Å². The molecule has 0 saturated carbocycles. The van der Waals surface area contributed by atoms with Crippen molar-refractivity contribution in [1.29, 1.82) is 0 Å². The molecule has 1 unspecified atom stereocenters. The van der Waals surface area contributed by atoms with Crippen LogP contribution in [0.2, 0.25) is 0 Å². The van der Waals surface area contributed by atoms with Crippen molar-refractivity contribution < 1.29 is 9.84 Å². The predicted octanol–water partition coefficient (Wildman–Crippen LogP) is 4.30. The summed E-state index contributed by atoms with van der Waals surface area (Å²) in [6.45, 7) is 2.09. The molecule has 0 aromatic heterocycles. The largest absolute Gasteiger partial charge is 0.496 e. The summed E-state index contributed by atoms with van der Waals surface area (Å²) in [5, 5.41) is 10.2. The van der Waals surface area contributed by atoms with Gasteiger partial charge in [0.2, 0.25) is 0 Å². The first kappa shape index (κ1) is 16.1. The zero-order chi connectivity index (χ0) is 15.2. The highest BCUT2D eigenvalue weighted by Crippen LogP contribution is 2.26. The number of methoxy groups -OCH3 is 1. The molecule has 0 spiro atoms. The van der Waals surface area contributed by atoms with Crippen molar-refractivity contribution in [2.24, 2.45) is 0 Å². The summed E-state index contributed by atoms with van der Waals surface area (Å²) in [7, 11) is 1.65. The van der Waals surface area contributed by atoms with Crippen LogP contribution in [0.25, 0.3) is 0 Å². The number of aliphatic hydroxyl groups is 1. The van der Waals surface area contributed by atoms with Crippen molar-refractivity contribution in [1.82, 2.24) is 0 Å². The first-order valence-corrected chi connectivity index (χ1v) is 7.94. The third-order valence-corrected chi connectivity index (χ3v) is 4.16. The fourth-order valence-electron chi connectivity index (χ4n) is 2.41. The van der Waals surface area contributed by atoms with E-state index in [2.05, 4.69) is 47.1 Å². The van der Waals surface area contributed by atoms with Crippen LogP contribution in [0, 0.1) is 6.92 Å². The maximum Gasteiger partial charge on any atom is 0.133 e. The molecular weight excluding hydrogens is 328 g/mol. The number of hydrogen-bond donors (Lipinski definition) is 1. The maximum absolute atomic E-state index is 10.2. The van der Waals surface area contributed by atoms with Crippen LogP contribution in [-0.4, -0.2) is 18.3 Å². The van der Waals surface area contributed by atoms with Gasteiger partial charge in [-0.05, 0) is 65.4 Å². The van der Waals surface area contributed by atoms with E-state index in [9.17, 15) is 5.11 Å². The molecule has 1 atom stereocenters. The van der Waals surface area contributed by atoms with Crippen LogP contribution < -0.4 is 4.74 Å². The molecule has 0 heterocycles. The van der Waals surface area contributed by atoms with Crippen LogP contribution in [0.3, 0.4) is 0 Å². The molecule has 0 bridgehead atoms. The van der Waals surface area contributed by atoms with Crippen LogP contribution in [-0.2, 0) is 12.8 Å². The predicted molar refractivity (Wildman–Crippen MR) is 89.9 cm³/mol. The van der Waals surface area contributed by atoms with Gasteiger partial charge in [0.15, 0.2) is 0 Å². The second kappa shape index (κ2) is 7.62. The van der Waals surface area contributed by atoms with Crippen molar-refractivity contribution in [3.8, 4) is 5.75 Å². The lowest BCUT2D eigenvalue weighted by atomic mass is 10.0. The molecule has 0 radical (unpaired) electrons. The van der Waals surface area contributed by atoms with Gasteiger partial charge in [-0.3, -0.25) is 0 Å². The van der Waals surface area contributed by atoms with Gasteiger partial charge in [-0.15, -0.1) is 0 Å². The molecule has 2 rings (SSSR count). The third kappa shape index (κ3) is 4.87. The molecule has 0 aliphatic heterocycles. The average molecular weight is 349 g/mol. The highest BCUT2D eigenvalue weighted by Gasteiger charge is 2.08. The Bertz CT molecular complexity index is 596. The quantitative estimate of drug-likeness (QED) is 0.843. The smallest absolute Gasteiger partial charge is 0.133 e. The number of benzene rings is 2. The van der Waals surface area contributed by atoms with E-state index in [1.807, 2.05) is 18.2 Å². The summed E-state index contributed by atoms with van der Waals surface area (Å²) in [4.78, 5) is 0. The van der Waals surface area contributed by atoms with Gasteiger partial charge < -0.3 is 9.84 Å². The summed E-state index contributed by atoms with van der Waals surface area (Å²) >= 11 is 3.47. The van der Waals surface area contributed by atoms with Crippen LogP contribution >= 0.6 is 15.9 Å². The highest BCUT2D eigenvalue weighted by molar-refractivity contribution is 9.10. The van der Waals surface area contributed by atoms with E-state index >= 15 is 0 Å². The number of hydrogen-bond acceptors (Lipinski definition) is 2. The minimum Gasteiger partial charge on any atom is -0.496 e. The van der Waals surface area contributed by atoms with Gasteiger partial charge >= 0.3 is 0 Å². The fraction of sp³-hybridized carbons (Fsp3) is 0.333. The van der Waals surface area contributed by atoms with E-state index in [4.69, 9.17) is 4.74 Å². The minimum absolute atomic E-state index is 0.328. The van der Waals surface area contributed by atoms with Gasteiger partial charge in [-0.2, -0.15) is 0 Å². The Hall–Kier alpha value is -1.32. The lowest BCUT2D eigenvalue weighted by Gasteiger charge is -2.12. The second-order valence-corrected chi connectivity index (χ2v) is 6.21. The Morgan fingerprint density at radius 2 is 1.95 bits per heavy atom. The minimum atomic E-state index is -0.328. The van der Waals surface area contributed by atoms with Crippen LogP contribution in [0.1, 0.15) is 23.1 Å². The topological polar surface area (TPSA) is 29.5 Å². The Labute approximate surface area is 134 Å². The Balaban J connectivity index is 1.89. The molecule has 0 aliphatic carbocycles. The number of halogens is 1. The molecule has 0 amide bonds. The highest BCUT2D eigenvalue weighted by atomic mass is 79.9. The van der Waals surface area contributed by atoms with Gasteiger partial charge in [-0.25, -0.2) is 0 Å². The molecule has 0 fully saturated rings. The van der Waals surface area contributed by atoms with Gasteiger partial charge in [0.25, 0.3) is 0 Å². The molecule has 21 heavy (non-hydrogen) atoms. The normalized spacial score (nSPS) is 12.2. The van der Waals surface area contributed by atoms with E-state index in [1.54, 1.807) is 7.11 Å². The van der Waals surface area contributed by atoms with Crippen molar-refractivity contribution in [2.45, 2.75) is 32.3 Å². The molecule has 0 saturated heterocycles. The summed E-state index contributed by atoms with van der Waals surface area (Å²) in [5.41, 5.74) is 3.66. The number of rotatable bonds is 6. The average Bonchev–Trinajstić information content (AvgIpc) is 2.45. The lowest BCUT2D eigenvalue weighted by Crippen LogP contribution is -2.11. The Morgan fingerprint density at radius 3 is 2.62 bits per heavy atom. The molecule has 2 nitrogen and oxygen atoms in total. The lowest BCUT2D eigenvalue weighted by molar-refractivity contribution is 0.165. The van der Waals surface area contributed by atoms with Gasteiger partial charge in [0.05, 0.1) is 17.7 Å². The van der Waals surface area contributed by atoms with Crippen molar-refractivity contribution in [2.75, 3.05) is 7.11 Å². The number of aryl methyl sites for hydroxylation is 2. The maximum atomic E-state index is 10.2. The Morgan fingerprint density at radius 1 is 1.14 bits per heavy atom. The molecule has 0 aliphatic rings. The van der Waals surface area contributed by atoms with Gasteiger partial charge in [0.1, 0.15) is 5.75 Å². The third-order valence-electron chi connectivity index (χ3n) is 3.54. The van der Waals surface area contributed by atoms with Gasteiger partial charge in [0, 0.05) is 0 Å². The van der Waals surface area contributed by atoms with Gasteiger partial charge in [-0.1, -0.05) is 35.9 Å². The molecule has 3 heteroatoms. The van der Waals surface area contributed by atoms with Crippen LogP contribution in [0.4, 0.5) is 0 Å². The summed E-state index contributed by atoms with van der Waals surface area (Å²) in [5.74, 6) is 0.813. The molecule has 2 aromatic rings. The fourth-order valence-corrected chi connectivity index (χ4v) is 3.00. The standard InChI is InChI=1S/C18H21BrO2/c1-13-4-3-5-14(10-13)6-8-16(20)11-15-7-9-18(21-2)17(19)12-15/h3-5,7,9-10,12,16,20H,6,8,11H2,1-2H3. The number of aliphatic hydroxyl groups excluding tert-OH is 1. The molecular formula is C18H21BrO2. The van der Waals surface area contributed by atoms with E-state index in [1.165, 1.54) is 11.1 Å². The van der Waals surface area contributed by atoms with E-state index < -0.39 is 0 Å². The number of ether oxygens (including phenoxy) is 1. The first-order chi connectivity index (χ1) is 10.1. The molecule has 1 N–H and O–H groups in total. The zero-order valence-electron chi connectivity index (χ0n) is 12.5. The van der Waals surface area contributed by atoms with E-state index in [-0.39, 0.29) is 6.10 Å².